The maximum atomic E-state index is 13.8. The van der Waals surface area contributed by atoms with Crippen molar-refractivity contribution in [2.75, 3.05) is 0 Å². The molecule has 2 aromatic heterocycles. The second kappa shape index (κ2) is 12.0. The molecule has 0 N–H and O–H groups in total. The fourth-order valence-corrected chi connectivity index (χ4v) is 3.55. The summed E-state index contributed by atoms with van der Waals surface area (Å²) < 4.78 is 24.5. The number of hydrogen-bond acceptors (Lipinski definition) is 3. The maximum absolute atomic E-state index is 13.8. The van der Waals surface area contributed by atoms with E-state index in [4.69, 9.17) is 0 Å². The molecule has 0 bridgehead atoms. The molecule has 148 valence electrons. The van der Waals surface area contributed by atoms with E-state index in [0.29, 0.717) is 16.3 Å². The van der Waals surface area contributed by atoms with Crippen molar-refractivity contribution in [3.63, 3.8) is 0 Å². The summed E-state index contributed by atoms with van der Waals surface area (Å²) in [7, 11) is 0. The maximum Gasteiger partial charge on any atom is 2.00 e. The Kier molecular flexibility index (Phi) is 10.8. The largest absolute Gasteiger partial charge is 2.00 e. The summed E-state index contributed by atoms with van der Waals surface area (Å²) in [5.74, 6) is 0. The van der Waals surface area contributed by atoms with E-state index < -0.39 is 3.93 Å². The Labute approximate surface area is 211 Å². The van der Waals surface area contributed by atoms with E-state index in [0.717, 1.165) is 33.7 Å². The van der Waals surface area contributed by atoms with Crippen LogP contribution in [0, 0.1) is 37.2 Å². The third-order valence-electron chi connectivity index (χ3n) is 3.75. The summed E-state index contributed by atoms with van der Waals surface area (Å²) in [5.41, 5.74) is 2.76. The van der Waals surface area contributed by atoms with Gasteiger partial charge in [0.25, 0.3) is 0 Å². The van der Waals surface area contributed by atoms with Gasteiger partial charge in [0.15, 0.2) is 0 Å². The minimum atomic E-state index is -2.99. The van der Waals surface area contributed by atoms with Gasteiger partial charge in [0.05, 0.1) is 5.69 Å². The second-order valence-electron chi connectivity index (χ2n) is 5.70. The van der Waals surface area contributed by atoms with Gasteiger partial charge in [-0.25, -0.2) is 4.98 Å². The van der Waals surface area contributed by atoms with Crippen molar-refractivity contribution in [1.29, 1.82) is 0 Å². The predicted molar refractivity (Wildman–Crippen MR) is 121 cm³/mol. The van der Waals surface area contributed by atoms with Crippen LogP contribution >= 0.6 is 33.9 Å². The molecule has 0 unspecified atom stereocenters. The number of aromatic nitrogens is 2. The molecule has 0 atom stereocenters. The van der Waals surface area contributed by atoms with Crippen LogP contribution < -0.4 is 0 Å². The summed E-state index contributed by atoms with van der Waals surface area (Å²) in [5, 5.41) is 11.8. The van der Waals surface area contributed by atoms with Gasteiger partial charge in [0.2, 0.25) is 0 Å². The van der Waals surface area contributed by atoms with Crippen LogP contribution in [-0.2, 0) is 3.93 Å². The van der Waals surface area contributed by atoms with Gasteiger partial charge >= 0.3 is 35.0 Å². The van der Waals surface area contributed by atoms with E-state index in [1.54, 1.807) is 19.1 Å². The first-order valence-electron chi connectivity index (χ1n) is 8.33. The Bertz CT molecular complexity index is 963. The van der Waals surface area contributed by atoms with Crippen LogP contribution in [0.1, 0.15) is 31.9 Å². The average molecular weight is 747 g/mol. The molecule has 29 heavy (non-hydrogen) atoms. The summed E-state index contributed by atoms with van der Waals surface area (Å²) in [4.78, 5) is 8.42. The molecule has 0 aliphatic rings. The Morgan fingerprint density at radius 3 is 2.38 bits per heavy atom. The van der Waals surface area contributed by atoms with Crippen LogP contribution in [0.15, 0.2) is 54.2 Å². The topological polar surface area (TPSA) is 48.1 Å². The molecular formula is C21H18F2IN3SU. The van der Waals surface area contributed by atoms with Crippen LogP contribution in [0.3, 0.4) is 0 Å². The number of nitrogens with zero attached hydrogens (tertiary/aromatic N) is 3. The number of thiazole rings is 1. The monoisotopic (exact) mass is 747 g/mol. The first-order valence-corrected chi connectivity index (χ1v) is 10.3. The van der Waals surface area contributed by atoms with Gasteiger partial charge in [-0.05, 0) is 11.6 Å². The molecule has 0 amide bonds. The van der Waals surface area contributed by atoms with E-state index in [9.17, 15) is 14.2 Å². The Balaban J connectivity index is 0.000000771. The zero-order chi connectivity index (χ0) is 20.7. The van der Waals surface area contributed by atoms with Gasteiger partial charge in [-0.15, -0.1) is 11.3 Å². The number of hydrogen-bond donors (Lipinski definition) is 0. The van der Waals surface area contributed by atoms with Crippen LogP contribution in [0.5, 0.6) is 0 Å². The Hall–Kier alpha value is -0.948. The molecule has 1 aromatic carbocycles. The van der Waals surface area contributed by atoms with Crippen LogP contribution in [0.2, 0.25) is 0 Å². The van der Waals surface area contributed by atoms with Crippen molar-refractivity contribution in [3.05, 3.63) is 76.8 Å². The molecule has 0 aliphatic heterocycles. The minimum absolute atomic E-state index is 0. The fraction of sp³-hybridized carbons (Fsp3) is 0.190. The van der Waals surface area contributed by atoms with E-state index in [1.807, 2.05) is 37.4 Å². The van der Waals surface area contributed by atoms with Crippen molar-refractivity contribution in [2.45, 2.75) is 24.7 Å². The molecule has 0 radical (unpaired) electrons. The number of benzene rings is 1. The zero-order valence-corrected chi connectivity index (χ0v) is 23.2. The molecule has 0 saturated carbocycles. The first-order chi connectivity index (χ1) is 13.3. The summed E-state index contributed by atoms with van der Waals surface area (Å²) in [6, 6.07) is 8.57. The SMILES string of the molecule is CC(=[N-])c1ccc(-c2csc(-c3cnccc3C(F)(F)I)n2)cc1.C[C-]=CC.[U+2]. The second-order valence-corrected chi connectivity index (χ2v) is 7.91. The normalized spacial score (nSPS) is 10.8. The van der Waals surface area contributed by atoms with Gasteiger partial charge in [0.1, 0.15) is 5.01 Å². The van der Waals surface area contributed by atoms with Crippen LogP contribution in [-0.4, -0.2) is 15.7 Å². The Morgan fingerprint density at radius 2 is 1.86 bits per heavy atom. The van der Waals surface area contributed by atoms with E-state index in [2.05, 4.69) is 16.0 Å². The van der Waals surface area contributed by atoms with Gasteiger partial charge in [-0.2, -0.15) is 21.4 Å². The summed E-state index contributed by atoms with van der Waals surface area (Å²) in [6.45, 7) is 5.43. The molecule has 3 nitrogen and oxygen atoms in total. The third kappa shape index (κ3) is 7.35. The van der Waals surface area contributed by atoms with Crippen molar-refractivity contribution >= 4 is 39.6 Å². The quantitative estimate of drug-likeness (QED) is 0.124. The number of allylic oxidation sites excluding steroid dienone is 2. The van der Waals surface area contributed by atoms with E-state index in [1.165, 1.54) is 29.8 Å². The number of rotatable bonds is 4. The zero-order valence-electron chi connectivity index (χ0n) is 16.1. The number of halogens is 3. The molecule has 3 aromatic rings. The molecule has 0 saturated heterocycles. The van der Waals surface area contributed by atoms with Crippen LogP contribution in [0.25, 0.3) is 27.2 Å². The standard InChI is InChI=1S/C17H11F2IN3S.C4H7.U/c1-10(21)11-2-4-12(5-3-11)15-9-24-16(23-15)13-8-22-7-6-14(13)17(18,19)20;1-3-4-2;/h2-9H,1H3;3H,1-2H3;/q2*-1;+2. The molecule has 8 heteroatoms. The molecule has 3 rings (SSSR count). The van der Waals surface area contributed by atoms with Crippen molar-refractivity contribution in [2.24, 2.45) is 0 Å². The summed E-state index contributed by atoms with van der Waals surface area (Å²) in [6.07, 6.45) is 7.45. The molecule has 0 aliphatic carbocycles. The van der Waals surface area contributed by atoms with E-state index in [-0.39, 0.29) is 42.4 Å². The van der Waals surface area contributed by atoms with Crippen molar-refractivity contribution in [1.82, 2.24) is 9.97 Å². The van der Waals surface area contributed by atoms with E-state index >= 15 is 0 Å². The number of alkyl halides is 3. The average Bonchev–Trinajstić information content (AvgIpc) is 3.17. The van der Waals surface area contributed by atoms with Gasteiger partial charge < -0.3 is 11.5 Å². The van der Waals surface area contributed by atoms with Gasteiger partial charge in [-0.3, -0.25) is 11.1 Å². The van der Waals surface area contributed by atoms with Gasteiger partial charge in [-0.1, -0.05) is 38.1 Å². The molecule has 0 spiro atoms. The Morgan fingerprint density at radius 1 is 1.24 bits per heavy atom. The van der Waals surface area contributed by atoms with Crippen molar-refractivity contribution < 1.29 is 39.9 Å². The van der Waals surface area contributed by atoms with Crippen molar-refractivity contribution in [3.8, 4) is 21.8 Å². The smallest absolute Gasteiger partial charge is 0.807 e. The third-order valence-corrected chi connectivity index (χ3v) is 5.20. The number of pyridine rings is 1. The van der Waals surface area contributed by atoms with Crippen LogP contribution in [0.4, 0.5) is 8.78 Å². The predicted octanol–water partition coefficient (Wildman–Crippen LogP) is 7.12. The minimum Gasteiger partial charge on any atom is -0.807 e. The fourth-order valence-electron chi connectivity index (χ4n) is 2.22. The molecule has 0 fully saturated rings. The first kappa shape index (κ1) is 26.1. The van der Waals surface area contributed by atoms with Gasteiger partial charge in [0, 0.05) is 57.1 Å². The molecule has 2 heterocycles. The molecular weight excluding hydrogens is 729 g/mol. The summed E-state index contributed by atoms with van der Waals surface area (Å²) >= 11 is 2.41.